The van der Waals surface area contributed by atoms with Gasteiger partial charge in [0.2, 0.25) is 5.91 Å². The molecular weight excluding hydrogens is 406 g/mol. The highest BCUT2D eigenvalue weighted by Gasteiger charge is 2.40. The molecule has 1 amide bonds. The number of hydrogen-bond donors (Lipinski definition) is 2. The van der Waals surface area contributed by atoms with Crippen LogP contribution < -0.4 is 11.2 Å². The zero-order valence-electron chi connectivity index (χ0n) is 17.5. The second-order valence-corrected chi connectivity index (χ2v) is 8.20. The van der Waals surface area contributed by atoms with Crippen LogP contribution in [0.4, 0.5) is 0 Å². The first kappa shape index (κ1) is 20.0. The SMILES string of the molecule is O=C(Cc1c[nH]c(=O)[nH]c1=O)N1CCC(c2ccccc2)(c2cn3ccccc3n2)CC1. The Kier molecular flexibility index (Phi) is 4.97. The van der Waals surface area contributed by atoms with Crippen molar-refractivity contribution in [2.75, 3.05) is 13.1 Å². The van der Waals surface area contributed by atoms with Crippen LogP contribution >= 0.6 is 0 Å². The molecule has 0 bridgehead atoms. The fourth-order valence-corrected chi connectivity index (χ4v) is 4.60. The van der Waals surface area contributed by atoms with Gasteiger partial charge < -0.3 is 14.3 Å². The van der Waals surface area contributed by atoms with E-state index in [0.29, 0.717) is 13.1 Å². The van der Waals surface area contributed by atoms with Crippen LogP contribution in [0, 0.1) is 0 Å². The molecule has 32 heavy (non-hydrogen) atoms. The van der Waals surface area contributed by atoms with Crippen LogP contribution in [0.2, 0.25) is 0 Å². The van der Waals surface area contributed by atoms with E-state index in [-0.39, 0.29) is 23.3 Å². The lowest BCUT2D eigenvalue weighted by atomic mass is 9.70. The Morgan fingerprint density at radius 3 is 2.50 bits per heavy atom. The van der Waals surface area contributed by atoms with E-state index in [2.05, 4.69) is 28.3 Å². The zero-order valence-corrected chi connectivity index (χ0v) is 17.5. The number of aromatic nitrogens is 4. The topological polar surface area (TPSA) is 103 Å². The smallest absolute Gasteiger partial charge is 0.325 e. The first-order valence-electron chi connectivity index (χ1n) is 10.6. The van der Waals surface area contributed by atoms with Gasteiger partial charge in [0.15, 0.2) is 0 Å². The van der Waals surface area contributed by atoms with Crippen molar-refractivity contribution in [1.82, 2.24) is 24.3 Å². The van der Waals surface area contributed by atoms with Gasteiger partial charge in [0.05, 0.1) is 12.1 Å². The molecular formula is C24H23N5O3. The van der Waals surface area contributed by atoms with E-state index in [9.17, 15) is 14.4 Å². The Balaban J connectivity index is 1.42. The Hall–Kier alpha value is -3.94. The van der Waals surface area contributed by atoms with E-state index in [4.69, 9.17) is 4.98 Å². The van der Waals surface area contributed by atoms with Crippen molar-refractivity contribution in [2.24, 2.45) is 0 Å². The van der Waals surface area contributed by atoms with Crippen LogP contribution in [0.3, 0.4) is 0 Å². The van der Waals surface area contributed by atoms with Gasteiger partial charge >= 0.3 is 5.69 Å². The molecule has 0 unspecified atom stereocenters. The van der Waals surface area contributed by atoms with Crippen molar-refractivity contribution in [2.45, 2.75) is 24.7 Å². The summed E-state index contributed by atoms with van der Waals surface area (Å²) in [6.07, 6.45) is 6.81. The van der Waals surface area contributed by atoms with E-state index < -0.39 is 11.2 Å². The summed E-state index contributed by atoms with van der Waals surface area (Å²) in [6.45, 7) is 1.12. The van der Waals surface area contributed by atoms with Crippen LogP contribution in [-0.4, -0.2) is 43.2 Å². The maximum Gasteiger partial charge on any atom is 0.325 e. The molecule has 1 fully saturated rings. The maximum atomic E-state index is 12.9. The quantitative estimate of drug-likeness (QED) is 0.517. The van der Waals surface area contributed by atoms with E-state index in [1.54, 1.807) is 4.90 Å². The van der Waals surface area contributed by atoms with Gasteiger partial charge in [-0.25, -0.2) is 9.78 Å². The van der Waals surface area contributed by atoms with Crippen LogP contribution in [0.5, 0.6) is 0 Å². The van der Waals surface area contributed by atoms with Gasteiger partial charge in [0, 0.05) is 42.7 Å². The van der Waals surface area contributed by atoms with Gasteiger partial charge in [-0.2, -0.15) is 0 Å². The second kappa shape index (κ2) is 7.96. The van der Waals surface area contributed by atoms with Gasteiger partial charge in [-0.3, -0.25) is 14.6 Å². The van der Waals surface area contributed by atoms with Crippen LogP contribution in [0.15, 0.2) is 76.7 Å². The normalized spacial score (nSPS) is 15.7. The summed E-state index contributed by atoms with van der Waals surface area (Å²) in [6, 6.07) is 16.3. The first-order valence-corrected chi connectivity index (χ1v) is 10.6. The standard InChI is InChI=1S/C24H23N5O3/c30-21(14-17-15-25-23(32)27-22(17)31)28-12-9-24(10-13-28,18-6-2-1-3-7-18)19-16-29-11-5-4-8-20(29)26-19/h1-8,11,15-16H,9-10,12-14H2,(H2,25,27,31,32). The highest BCUT2D eigenvalue weighted by Crippen LogP contribution is 2.41. The number of aromatic amines is 2. The van der Waals surface area contributed by atoms with Crippen LogP contribution in [-0.2, 0) is 16.6 Å². The third-order valence-electron chi connectivity index (χ3n) is 6.39. The lowest BCUT2D eigenvalue weighted by Gasteiger charge is -2.41. The largest absolute Gasteiger partial charge is 0.342 e. The van der Waals surface area contributed by atoms with Gasteiger partial charge in [0.1, 0.15) is 5.65 Å². The van der Waals surface area contributed by atoms with Crippen molar-refractivity contribution in [3.63, 3.8) is 0 Å². The zero-order chi connectivity index (χ0) is 22.1. The number of carbonyl (C=O) groups excluding carboxylic acids is 1. The molecule has 4 heterocycles. The van der Waals surface area contributed by atoms with E-state index >= 15 is 0 Å². The molecule has 2 N–H and O–H groups in total. The molecule has 4 aromatic rings. The predicted molar refractivity (Wildman–Crippen MR) is 120 cm³/mol. The van der Waals surface area contributed by atoms with Crippen molar-refractivity contribution >= 4 is 11.6 Å². The van der Waals surface area contributed by atoms with Gasteiger partial charge in [0.25, 0.3) is 5.56 Å². The van der Waals surface area contributed by atoms with Crippen LogP contribution in [0.1, 0.15) is 29.7 Å². The minimum absolute atomic E-state index is 0.0428. The summed E-state index contributed by atoms with van der Waals surface area (Å²) >= 11 is 0. The number of fused-ring (bicyclic) bond motifs is 1. The van der Waals surface area contributed by atoms with Gasteiger partial charge in [-0.15, -0.1) is 0 Å². The molecule has 0 saturated carbocycles. The average molecular weight is 429 g/mol. The lowest BCUT2D eigenvalue weighted by molar-refractivity contribution is -0.131. The minimum Gasteiger partial charge on any atom is -0.342 e. The number of imidazole rings is 1. The molecule has 162 valence electrons. The Bertz CT molecular complexity index is 1340. The summed E-state index contributed by atoms with van der Waals surface area (Å²) in [7, 11) is 0. The molecule has 1 aliphatic heterocycles. The Labute approximate surface area is 183 Å². The molecule has 5 rings (SSSR count). The molecule has 3 aromatic heterocycles. The molecule has 0 atom stereocenters. The highest BCUT2D eigenvalue weighted by molar-refractivity contribution is 5.78. The highest BCUT2D eigenvalue weighted by atomic mass is 16.2. The third-order valence-corrected chi connectivity index (χ3v) is 6.39. The maximum absolute atomic E-state index is 12.9. The van der Waals surface area contributed by atoms with Crippen molar-refractivity contribution < 1.29 is 4.79 Å². The molecule has 1 saturated heterocycles. The third kappa shape index (κ3) is 3.53. The summed E-state index contributed by atoms with van der Waals surface area (Å²) in [4.78, 5) is 47.4. The molecule has 0 radical (unpaired) electrons. The first-order chi connectivity index (χ1) is 15.5. The number of amides is 1. The number of piperidine rings is 1. The van der Waals surface area contributed by atoms with Crippen molar-refractivity contribution in [3.05, 3.63) is 105 Å². The average Bonchev–Trinajstić information content (AvgIpc) is 3.26. The van der Waals surface area contributed by atoms with Crippen LogP contribution in [0.25, 0.3) is 5.65 Å². The summed E-state index contributed by atoms with van der Waals surface area (Å²) in [5.41, 5.74) is 1.95. The Morgan fingerprint density at radius 2 is 1.78 bits per heavy atom. The number of nitrogens with one attached hydrogen (secondary N) is 2. The lowest BCUT2D eigenvalue weighted by Crippen LogP contribution is -2.46. The van der Waals surface area contributed by atoms with E-state index in [1.807, 2.05) is 47.0 Å². The molecule has 8 nitrogen and oxygen atoms in total. The van der Waals surface area contributed by atoms with E-state index in [1.165, 1.54) is 11.8 Å². The number of nitrogens with zero attached hydrogens (tertiary/aromatic N) is 3. The van der Waals surface area contributed by atoms with Gasteiger partial charge in [-0.05, 0) is 30.5 Å². The number of H-pyrrole nitrogens is 2. The monoisotopic (exact) mass is 429 g/mol. The number of likely N-dealkylation sites (tertiary alicyclic amines) is 1. The number of rotatable bonds is 4. The summed E-state index contributed by atoms with van der Waals surface area (Å²) in [5.74, 6) is -0.126. The fraction of sp³-hybridized carbons (Fsp3) is 0.250. The summed E-state index contributed by atoms with van der Waals surface area (Å²) in [5, 5.41) is 0. The number of hydrogen-bond acceptors (Lipinski definition) is 4. The van der Waals surface area contributed by atoms with Crippen molar-refractivity contribution in [3.8, 4) is 0 Å². The molecule has 1 aromatic carbocycles. The fourth-order valence-electron chi connectivity index (χ4n) is 4.60. The predicted octanol–water partition coefficient (Wildman–Crippen LogP) is 1.86. The number of benzene rings is 1. The molecule has 8 heteroatoms. The molecule has 1 aliphatic rings. The molecule has 0 spiro atoms. The number of carbonyl (C=O) groups is 1. The number of pyridine rings is 1. The van der Waals surface area contributed by atoms with Crippen molar-refractivity contribution in [1.29, 1.82) is 0 Å². The molecule has 0 aliphatic carbocycles. The second-order valence-electron chi connectivity index (χ2n) is 8.20. The summed E-state index contributed by atoms with van der Waals surface area (Å²) < 4.78 is 2.03. The Morgan fingerprint density at radius 1 is 1.03 bits per heavy atom. The minimum atomic E-state index is -0.579. The van der Waals surface area contributed by atoms with Gasteiger partial charge in [-0.1, -0.05) is 36.4 Å². The van der Waals surface area contributed by atoms with E-state index in [0.717, 1.165) is 24.2 Å².